The molecule has 0 aliphatic carbocycles. The van der Waals surface area contributed by atoms with Crippen molar-refractivity contribution >= 4 is 27.9 Å². The third-order valence-corrected chi connectivity index (χ3v) is 4.38. The molecule has 0 aliphatic rings. The zero-order valence-corrected chi connectivity index (χ0v) is 15.1. The molecule has 136 valence electrons. The maximum atomic E-state index is 12.3. The summed E-state index contributed by atoms with van der Waals surface area (Å²) in [7, 11) is 4.54. The number of fused-ring (bicyclic) bond motifs is 3. The number of H-pyrrole nitrogens is 1. The molecule has 2 aromatic carbocycles. The lowest BCUT2D eigenvalue weighted by atomic mass is 10.1. The summed E-state index contributed by atoms with van der Waals surface area (Å²) < 4.78 is 15.4. The number of aromatic nitrogens is 3. The van der Waals surface area contributed by atoms with Gasteiger partial charge in [-0.15, -0.1) is 0 Å². The van der Waals surface area contributed by atoms with Crippen molar-refractivity contribution in [2.75, 3.05) is 21.3 Å². The van der Waals surface area contributed by atoms with Crippen LogP contribution in [0.3, 0.4) is 0 Å². The number of hydrogen-bond donors (Lipinski definition) is 1. The lowest BCUT2D eigenvalue weighted by Gasteiger charge is -2.06. The van der Waals surface area contributed by atoms with Crippen molar-refractivity contribution in [3.63, 3.8) is 0 Å². The van der Waals surface area contributed by atoms with Gasteiger partial charge in [0.15, 0.2) is 11.5 Å². The van der Waals surface area contributed by atoms with Gasteiger partial charge in [-0.25, -0.2) is 14.8 Å². The van der Waals surface area contributed by atoms with Gasteiger partial charge in [0.2, 0.25) is 0 Å². The first-order valence-corrected chi connectivity index (χ1v) is 8.25. The van der Waals surface area contributed by atoms with Crippen LogP contribution >= 0.6 is 0 Å². The highest BCUT2D eigenvalue weighted by molar-refractivity contribution is 6.11. The zero-order chi connectivity index (χ0) is 19.0. The van der Waals surface area contributed by atoms with Gasteiger partial charge in [0.25, 0.3) is 0 Å². The highest BCUT2D eigenvalue weighted by atomic mass is 16.5. The van der Waals surface area contributed by atoms with E-state index in [1.807, 2.05) is 42.5 Å². The highest BCUT2D eigenvalue weighted by Crippen LogP contribution is 2.31. The van der Waals surface area contributed by atoms with E-state index in [4.69, 9.17) is 19.2 Å². The maximum Gasteiger partial charge on any atom is 0.359 e. The van der Waals surface area contributed by atoms with Gasteiger partial charge in [0.05, 0.1) is 32.4 Å². The number of methoxy groups -OCH3 is 3. The summed E-state index contributed by atoms with van der Waals surface area (Å²) in [6.07, 6.45) is 0. The van der Waals surface area contributed by atoms with Crippen LogP contribution in [0.1, 0.15) is 10.5 Å². The minimum absolute atomic E-state index is 0.184. The van der Waals surface area contributed by atoms with Gasteiger partial charge in [0.1, 0.15) is 17.0 Å². The van der Waals surface area contributed by atoms with Crippen LogP contribution < -0.4 is 9.47 Å². The summed E-state index contributed by atoms with van der Waals surface area (Å²) in [6, 6.07) is 12.9. The van der Waals surface area contributed by atoms with E-state index in [0.29, 0.717) is 22.6 Å². The van der Waals surface area contributed by atoms with Crippen molar-refractivity contribution in [3.05, 3.63) is 48.2 Å². The van der Waals surface area contributed by atoms with Crippen molar-refractivity contribution < 1.29 is 19.0 Å². The molecule has 0 amide bonds. The van der Waals surface area contributed by atoms with Crippen LogP contribution in [0.25, 0.3) is 33.3 Å². The van der Waals surface area contributed by atoms with Gasteiger partial charge in [-0.3, -0.25) is 0 Å². The predicted molar refractivity (Wildman–Crippen MR) is 101 cm³/mol. The lowest BCUT2D eigenvalue weighted by molar-refractivity contribution is 0.0596. The number of esters is 1. The number of carbonyl (C=O) groups excluding carboxylic acids is 1. The van der Waals surface area contributed by atoms with E-state index in [1.54, 1.807) is 14.2 Å². The highest BCUT2D eigenvalue weighted by Gasteiger charge is 2.20. The second kappa shape index (κ2) is 6.60. The normalized spacial score (nSPS) is 10.9. The van der Waals surface area contributed by atoms with Crippen molar-refractivity contribution in [1.29, 1.82) is 0 Å². The molecule has 0 saturated carbocycles. The molecule has 0 radical (unpaired) electrons. The Kier molecular flexibility index (Phi) is 4.12. The molecule has 1 N–H and O–H groups in total. The summed E-state index contributed by atoms with van der Waals surface area (Å²) in [4.78, 5) is 24.7. The first-order chi connectivity index (χ1) is 13.1. The van der Waals surface area contributed by atoms with E-state index < -0.39 is 5.97 Å². The molecule has 0 unspecified atom stereocenters. The van der Waals surface area contributed by atoms with Crippen molar-refractivity contribution in [2.45, 2.75) is 0 Å². The van der Waals surface area contributed by atoms with Gasteiger partial charge in [-0.1, -0.05) is 0 Å². The van der Waals surface area contributed by atoms with Gasteiger partial charge in [-0.05, 0) is 36.4 Å². The van der Waals surface area contributed by atoms with Crippen molar-refractivity contribution in [3.8, 4) is 22.9 Å². The first kappa shape index (κ1) is 16.8. The average molecular weight is 363 g/mol. The summed E-state index contributed by atoms with van der Waals surface area (Å²) in [5.74, 6) is 1.34. The molecule has 2 aromatic heterocycles. The number of hydrogen-bond acceptors (Lipinski definition) is 6. The Hall–Kier alpha value is -3.61. The Morgan fingerprint density at radius 1 is 0.926 bits per heavy atom. The Bertz CT molecular complexity index is 1150. The monoisotopic (exact) mass is 363 g/mol. The molecule has 0 saturated heterocycles. The van der Waals surface area contributed by atoms with E-state index in [-0.39, 0.29) is 5.69 Å². The topological polar surface area (TPSA) is 86.3 Å². The fraction of sp³-hybridized carbons (Fsp3) is 0.150. The quantitative estimate of drug-likeness (QED) is 0.558. The largest absolute Gasteiger partial charge is 0.497 e. The fourth-order valence-corrected chi connectivity index (χ4v) is 2.98. The third kappa shape index (κ3) is 2.83. The molecule has 0 aliphatic heterocycles. The van der Waals surface area contributed by atoms with E-state index >= 15 is 0 Å². The number of aromatic amines is 1. The van der Waals surface area contributed by atoms with Crippen molar-refractivity contribution in [2.24, 2.45) is 0 Å². The van der Waals surface area contributed by atoms with E-state index in [0.717, 1.165) is 22.2 Å². The second-order valence-corrected chi connectivity index (χ2v) is 5.88. The van der Waals surface area contributed by atoms with Crippen LogP contribution in [0.2, 0.25) is 0 Å². The standard InChI is InChI=1S/C20H17N3O4/c1-25-12-6-4-11(5-7-12)19-22-16-14-9-8-13(26-2)10-15(14)21-17(16)18(23-19)20(24)27-3/h4-10,21H,1-3H3. The number of carbonyl (C=O) groups is 1. The number of nitrogens with zero attached hydrogens (tertiary/aromatic N) is 2. The lowest BCUT2D eigenvalue weighted by Crippen LogP contribution is -2.07. The van der Waals surface area contributed by atoms with E-state index in [9.17, 15) is 4.79 Å². The molecule has 0 fully saturated rings. The molecule has 27 heavy (non-hydrogen) atoms. The smallest absolute Gasteiger partial charge is 0.359 e. The van der Waals surface area contributed by atoms with Crippen LogP contribution in [-0.4, -0.2) is 42.3 Å². The number of ether oxygens (including phenoxy) is 3. The van der Waals surface area contributed by atoms with Crippen LogP contribution in [0, 0.1) is 0 Å². The Morgan fingerprint density at radius 2 is 1.63 bits per heavy atom. The van der Waals surface area contributed by atoms with Gasteiger partial charge >= 0.3 is 5.97 Å². The van der Waals surface area contributed by atoms with Gasteiger partial charge < -0.3 is 19.2 Å². The van der Waals surface area contributed by atoms with Crippen LogP contribution in [-0.2, 0) is 4.74 Å². The summed E-state index contributed by atoms with van der Waals surface area (Å²) in [5, 5.41) is 0.869. The third-order valence-electron chi connectivity index (χ3n) is 4.38. The van der Waals surface area contributed by atoms with E-state index in [1.165, 1.54) is 7.11 Å². The summed E-state index contributed by atoms with van der Waals surface area (Å²) >= 11 is 0. The first-order valence-electron chi connectivity index (χ1n) is 8.25. The number of benzene rings is 2. The predicted octanol–water partition coefficient (Wildman–Crippen LogP) is 3.58. The van der Waals surface area contributed by atoms with Crippen LogP contribution in [0.4, 0.5) is 0 Å². The van der Waals surface area contributed by atoms with Crippen LogP contribution in [0.5, 0.6) is 11.5 Å². The SMILES string of the molecule is COC(=O)c1nc(-c2ccc(OC)cc2)nc2c1[nH]c1cc(OC)ccc12. The van der Waals surface area contributed by atoms with Crippen molar-refractivity contribution in [1.82, 2.24) is 15.0 Å². The molecular formula is C20H17N3O4. The van der Waals surface area contributed by atoms with Gasteiger partial charge in [0, 0.05) is 17.0 Å². The Morgan fingerprint density at radius 3 is 2.30 bits per heavy atom. The zero-order valence-electron chi connectivity index (χ0n) is 15.1. The Balaban J connectivity index is 1.99. The molecule has 4 aromatic rings. The molecule has 0 atom stereocenters. The maximum absolute atomic E-state index is 12.3. The van der Waals surface area contributed by atoms with E-state index in [2.05, 4.69) is 9.97 Å². The second-order valence-electron chi connectivity index (χ2n) is 5.88. The minimum Gasteiger partial charge on any atom is -0.497 e. The number of nitrogens with one attached hydrogen (secondary N) is 1. The molecular weight excluding hydrogens is 346 g/mol. The average Bonchev–Trinajstić information content (AvgIpc) is 3.10. The summed E-state index contributed by atoms with van der Waals surface area (Å²) in [5.41, 5.74) is 2.93. The molecule has 2 heterocycles. The fourth-order valence-electron chi connectivity index (χ4n) is 2.98. The van der Waals surface area contributed by atoms with Crippen LogP contribution in [0.15, 0.2) is 42.5 Å². The minimum atomic E-state index is -0.532. The number of rotatable bonds is 4. The molecule has 0 bridgehead atoms. The summed E-state index contributed by atoms with van der Waals surface area (Å²) in [6.45, 7) is 0. The Labute approximate surface area is 154 Å². The molecule has 7 heteroatoms. The molecule has 4 rings (SSSR count). The molecule has 0 spiro atoms. The molecule has 7 nitrogen and oxygen atoms in total. The van der Waals surface area contributed by atoms with Gasteiger partial charge in [-0.2, -0.15) is 0 Å².